The number of nitrogens with one attached hydrogen (secondary N) is 1. The molecular formula is C25H24F2N2O5. The maximum atomic E-state index is 13.6. The van der Waals surface area contributed by atoms with Gasteiger partial charge in [0.05, 0.1) is 12.3 Å². The topological polar surface area (TPSA) is 95.9 Å². The van der Waals surface area contributed by atoms with Crippen molar-refractivity contribution in [3.05, 3.63) is 59.7 Å². The van der Waals surface area contributed by atoms with E-state index in [-0.39, 0.29) is 37.5 Å². The fourth-order valence-corrected chi connectivity index (χ4v) is 5.41. The molecule has 2 aromatic rings. The van der Waals surface area contributed by atoms with Crippen LogP contribution in [0.5, 0.6) is 0 Å². The number of carbonyl (C=O) groups is 3. The first-order chi connectivity index (χ1) is 16.3. The average molecular weight is 470 g/mol. The molecular weight excluding hydrogens is 446 g/mol. The standard InChI is InChI=1S/C25H24F2N2O5/c26-23(27)20(9-21(30)29-10-17-18(11-29)22(17)24(31)32)28-25(33)34-12-19-15-7-3-1-5-13(15)14-6-2-4-8-16(14)19/h1-8,17-20,22-23H,9-12H2,(H,28,33)(H,31,32)/t17-,18+,20?,22?. The highest BCUT2D eigenvalue weighted by Gasteiger charge is 2.60. The first-order valence-electron chi connectivity index (χ1n) is 11.3. The number of ether oxygens (including phenoxy) is 1. The number of aliphatic carboxylic acids is 1. The van der Waals surface area contributed by atoms with Crippen LogP contribution in [0.15, 0.2) is 48.5 Å². The number of amides is 2. The Morgan fingerprint density at radius 3 is 2.09 bits per heavy atom. The average Bonchev–Trinajstić information content (AvgIpc) is 3.17. The number of hydrogen-bond acceptors (Lipinski definition) is 4. The van der Waals surface area contributed by atoms with Crippen LogP contribution in [-0.4, -0.2) is 60.1 Å². The number of fused-ring (bicyclic) bond motifs is 4. The highest BCUT2D eigenvalue weighted by molar-refractivity contribution is 5.81. The maximum absolute atomic E-state index is 13.6. The Labute approximate surface area is 194 Å². The van der Waals surface area contributed by atoms with Gasteiger partial charge in [0.25, 0.3) is 6.43 Å². The van der Waals surface area contributed by atoms with Gasteiger partial charge in [0.1, 0.15) is 12.6 Å². The Kier molecular flexibility index (Phi) is 5.71. The Balaban J connectivity index is 1.17. The van der Waals surface area contributed by atoms with E-state index in [2.05, 4.69) is 5.32 Å². The van der Waals surface area contributed by atoms with Crippen molar-refractivity contribution in [3.8, 4) is 11.1 Å². The van der Waals surface area contributed by atoms with Crippen LogP contribution in [0.4, 0.5) is 13.6 Å². The number of halogens is 2. The van der Waals surface area contributed by atoms with Gasteiger partial charge < -0.3 is 20.1 Å². The van der Waals surface area contributed by atoms with Crippen LogP contribution in [0.25, 0.3) is 11.1 Å². The molecule has 3 aliphatic rings. The Hall–Kier alpha value is -3.49. The van der Waals surface area contributed by atoms with Gasteiger partial charge in [-0.2, -0.15) is 0 Å². The molecule has 2 aromatic carbocycles. The summed E-state index contributed by atoms with van der Waals surface area (Å²) in [6.07, 6.45) is -4.53. The molecule has 34 heavy (non-hydrogen) atoms. The third-order valence-electron chi connectivity index (χ3n) is 7.18. The lowest BCUT2D eigenvalue weighted by Crippen LogP contribution is -2.45. The fraction of sp³-hybridized carbons (Fsp3) is 0.400. The number of rotatable bonds is 7. The predicted molar refractivity (Wildman–Crippen MR) is 117 cm³/mol. The van der Waals surface area contributed by atoms with Crippen molar-refractivity contribution in [1.82, 2.24) is 10.2 Å². The van der Waals surface area contributed by atoms with Crippen molar-refractivity contribution in [2.75, 3.05) is 19.7 Å². The molecule has 2 fully saturated rings. The first kappa shape index (κ1) is 22.3. The molecule has 9 heteroatoms. The summed E-state index contributed by atoms with van der Waals surface area (Å²) in [5, 5.41) is 11.2. The zero-order valence-electron chi connectivity index (χ0n) is 18.2. The molecule has 0 spiro atoms. The summed E-state index contributed by atoms with van der Waals surface area (Å²) in [7, 11) is 0. The molecule has 2 aliphatic carbocycles. The van der Waals surface area contributed by atoms with E-state index in [0.29, 0.717) is 0 Å². The molecule has 1 saturated carbocycles. The molecule has 2 N–H and O–H groups in total. The third kappa shape index (κ3) is 3.99. The molecule has 1 saturated heterocycles. The zero-order valence-corrected chi connectivity index (χ0v) is 18.2. The molecule has 2 amide bonds. The monoisotopic (exact) mass is 470 g/mol. The number of hydrogen-bond donors (Lipinski definition) is 2. The Morgan fingerprint density at radius 1 is 1.00 bits per heavy atom. The third-order valence-corrected chi connectivity index (χ3v) is 7.18. The van der Waals surface area contributed by atoms with Crippen LogP contribution < -0.4 is 5.32 Å². The van der Waals surface area contributed by atoms with Crippen molar-refractivity contribution < 1.29 is 33.0 Å². The molecule has 0 radical (unpaired) electrons. The van der Waals surface area contributed by atoms with E-state index in [1.165, 1.54) is 4.90 Å². The van der Waals surface area contributed by atoms with E-state index in [1.54, 1.807) is 0 Å². The minimum Gasteiger partial charge on any atom is -0.481 e. The number of carbonyl (C=O) groups excluding carboxylic acids is 2. The quantitative estimate of drug-likeness (QED) is 0.647. The lowest BCUT2D eigenvalue weighted by atomic mass is 9.98. The van der Waals surface area contributed by atoms with Crippen LogP contribution in [0.1, 0.15) is 23.5 Å². The van der Waals surface area contributed by atoms with Gasteiger partial charge in [0.2, 0.25) is 5.91 Å². The number of carboxylic acids is 1. The molecule has 178 valence electrons. The minimum atomic E-state index is -2.95. The number of carboxylic acid groups (broad SMARTS) is 1. The number of benzene rings is 2. The lowest BCUT2D eigenvalue weighted by Gasteiger charge is -2.23. The van der Waals surface area contributed by atoms with Crippen molar-refractivity contribution in [3.63, 3.8) is 0 Å². The van der Waals surface area contributed by atoms with E-state index >= 15 is 0 Å². The van der Waals surface area contributed by atoms with E-state index in [4.69, 9.17) is 9.84 Å². The van der Waals surface area contributed by atoms with Crippen molar-refractivity contribution in [1.29, 1.82) is 0 Å². The van der Waals surface area contributed by atoms with E-state index in [9.17, 15) is 23.2 Å². The van der Waals surface area contributed by atoms with Gasteiger partial charge >= 0.3 is 12.1 Å². The minimum absolute atomic E-state index is 0.0180. The second-order valence-corrected chi connectivity index (χ2v) is 9.11. The number of alkyl carbamates (subject to hydrolysis) is 1. The van der Waals surface area contributed by atoms with Crippen LogP contribution in [0, 0.1) is 17.8 Å². The van der Waals surface area contributed by atoms with Gasteiger partial charge in [0, 0.05) is 19.0 Å². The summed E-state index contributed by atoms with van der Waals surface area (Å²) >= 11 is 0. The molecule has 7 nitrogen and oxygen atoms in total. The van der Waals surface area contributed by atoms with E-state index in [1.807, 2.05) is 48.5 Å². The molecule has 5 rings (SSSR count). The fourth-order valence-electron chi connectivity index (χ4n) is 5.41. The summed E-state index contributed by atoms with van der Waals surface area (Å²) in [6, 6.07) is 13.9. The smallest absolute Gasteiger partial charge is 0.407 e. The van der Waals surface area contributed by atoms with Gasteiger partial charge in [-0.05, 0) is 34.1 Å². The van der Waals surface area contributed by atoms with Crippen LogP contribution in [-0.2, 0) is 14.3 Å². The second-order valence-electron chi connectivity index (χ2n) is 9.11. The highest BCUT2D eigenvalue weighted by Crippen LogP contribution is 2.51. The van der Waals surface area contributed by atoms with E-state index in [0.717, 1.165) is 22.3 Å². The number of piperidine rings is 1. The zero-order chi connectivity index (χ0) is 24.0. The molecule has 0 aromatic heterocycles. The SMILES string of the molecule is O=C(NC(CC(=O)N1C[C@@H]2C(C(=O)O)[C@@H]2C1)C(F)F)OCC1c2ccccc2-c2ccccc21. The van der Waals surface area contributed by atoms with Gasteiger partial charge in [-0.15, -0.1) is 0 Å². The van der Waals surface area contributed by atoms with Crippen LogP contribution in [0.2, 0.25) is 0 Å². The summed E-state index contributed by atoms with van der Waals surface area (Å²) in [6.45, 7) is 0.485. The molecule has 1 aliphatic heterocycles. The number of nitrogens with zero attached hydrogens (tertiary/aromatic N) is 1. The normalized spacial score (nSPS) is 23.1. The van der Waals surface area contributed by atoms with Gasteiger partial charge in [-0.1, -0.05) is 48.5 Å². The van der Waals surface area contributed by atoms with Crippen molar-refractivity contribution in [2.45, 2.75) is 24.8 Å². The Bertz CT molecular complexity index is 1080. The molecule has 4 atom stereocenters. The Morgan fingerprint density at radius 2 is 1.56 bits per heavy atom. The van der Waals surface area contributed by atoms with Crippen LogP contribution in [0.3, 0.4) is 0 Å². The second kappa shape index (κ2) is 8.70. The van der Waals surface area contributed by atoms with Crippen molar-refractivity contribution in [2.24, 2.45) is 17.8 Å². The predicted octanol–water partition coefficient (Wildman–Crippen LogP) is 3.34. The van der Waals surface area contributed by atoms with Crippen LogP contribution >= 0.6 is 0 Å². The summed E-state index contributed by atoms with van der Waals surface area (Å²) in [5.41, 5.74) is 4.11. The summed E-state index contributed by atoms with van der Waals surface area (Å²) in [4.78, 5) is 37.3. The number of likely N-dealkylation sites (tertiary alicyclic amines) is 1. The summed E-state index contributed by atoms with van der Waals surface area (Å²) in [5.74, 6) is -2.29. The van der Waals surface area contributed by atoms with Crippen molar-refractivity contribution >= 4 is 18.0 Å². The first-order valence-corrected chi connectivity index (χ1v) is 11.3. The lowest BCUT2D eigenvalue weighted by molar-refractivity contribution is -0.141. The molecule has 2 unspecified atom stereocenters. The number of alkyl halides is 2. The van der Waals surface area contributed by atoms with E-state index < -0.39 is 42.8 Å². The van der Waals surface area contributed by atoms with Gasteiger partial charge in [-0.25, -0.2) is 13.6 Å². The molecule has 0 bridgehead atoms. The largest absolute Gasteiger partial charge is 0.481 e. The highest BCUT2D eigenvalue weighted by atomic mass is 19.3. The molecule has 1 heterocycles. The maximum Gasteiger partial charge on any atom is 0.407 e. The van der Waals surface area contributed by atoms with Gasteiger partial charge in [0.15, 0.2) is 0 Å². The summed E-state index contributed by atoms with van der Waals surface area (Å²) < 4.78 is 32.5. The van der Waals surface area contributed by atoms with Gasteiger partial charge in [-0.3, -0.25) is 9.59 Å².